The highest BCUT2D eigenvalue weighted by Crippen LogP contribution is 2.44. The maximum absolute atomic E-state index is 12.6. The van der Waals surface area contributed by atoms with Crippen molar-refractivity contribution in [3.05, 3.63) is 65.0 Å². The fraction of sp³-hybridized carbons (Fsp3) is 0.125. The summed E-state index contributed by atoms with van der Waals surface area (Å²) in [7, 11) is -0.252. The van der Waals surface area contributed by atoms with Gasteiger partial charge >= 0.3 is 6.18 Å². The van der Waals surface area contributed by atoms with Crippen molar-refractivity contribution in [1.82, 2.24) is 0 Å². The lowest BCUT2D eigenvalue weighted by Crippen LogP contribution is -2.03. The van der Waals surface area contributed by atoms with Gasteiger partial charge in [0.25, 0.3) is 0 Å². The van der Waals surface area contributed by atoms with E-state index in [4.69, 9.17) is 0 Å². The molecular formula is C16H12F3S+. The molecule has 1 atom stereocenters. The molecule has 0 saturated carbocycles. The second-order valence-electron chi connectivity index (χ2n) is 4.62. The first-order valence-corrected chi connectivity index (χ1v) is 7.38. The first-order chi connectivity index (χ1) is 9.47. The zero-order chi connectivity index (χ0) is 14.3. The molecule has 0 aliphatic rings. The minimum Gasteiger partial charge on any atom is -0.166 e. The van der Waals surface area contributed by atoms with Crippen LogP contribution in [0.2, 0.25) is 0 Å². The van der Waals surface area contributed by atoms with Crippen LogP contribution in [0.1, 0.15) is 10.4 Å². The second kappa shape index (κ2) is 4.63. The molecule has 0 fully saturated rings. The highest BCUT2D eigenvalue weighted by molar-refractivity contribution is 7.45. The van der Waals surface area contributed by atoms with Crippen LogP contribution in [-0.4, -0.2) is 0 Å². The van der Waals surface area contributed by atoms with Gasteiger partial charge in [-0.1, -0.05) is 12.1 Å². The van der Waals surface area contributed by atoms with Crippen molar-refractivity contribution in [2.45, 2.75) is 13.1 Å². The minimum atomic E-state index is -4.28. The van der Waals surface area contributed by atoms with E-state index in [0.29, 0.717) is 0 Å². The summed E-state index contributed by atoms with van der Waals surface area (Å²) >= 11 is 0. The maximum atomic E-state index is 12.6. The van der Waals surface area contributed by atoms with Gasteiger partial charge in [0.1, 0.15) is 0 Å². The Balaban J connectivity index is 2.14. The van der Waals surface area contributed by atoms with E-state index in [0.717, 1.165) is 22.4 Å². The van der Waals surface area contributed by atoms with Gasteiger partial charge in [-0.15, -0.1) is 0 Å². The summed E-state index contributed by atoms with van der Waals surface area (Å²) in [6.07, 6.45) is -4.28. The predicted molar refractivity (Wildman–Crippen MR) is 77.5 cm³/mol. The molecule has 0 amide bonds. The molecule has 0 bridgehead atoms. The summed E-state index contributed by atoms with van der Waals surface area (Å²) in [5.74, 6) is 0. The Morgan fingerprint density at radius 2 is 1.55 bits per heavy atom. The molecule has 0 aliphatic heterocycles. The smallest absolute Gasteiger partial charge is 0.166 e. The average Bonchev–Trinajstić information content (AvgIpc) is 2.73. The van der Waals surface area contributed by atoms with Gasteiger partial charge in [0.2, 0.25) is 0 Å². The lowest BCUT2D eigenvalue weighted by atomic mass is 10.2. The van der Waals surface area contributed by atoms with Crippen molar-refractivity contribution in [3.63, 3.8) is 0 Å². The van der Waals surface area contributed by atoms with Crippen molar-refractivity contribution in [3.8, 4) is 4.90 Å². The highest BCUT2D eigenvalue weighted by Gasteiger charge is 2.31. The van der Waals surface area contributed by atoms with Crippen LogP contribution < -0.4 is 0 Å². The topological polar surface area (TPSA) is 0 Å². The molecule has 4 heteroatoms. The van der Waals surface area contributed by atoms with Crippen LogP contribution >= 0.6 is 10.5 Å². The van der Waals surface area contributed by atoms with Gasteiger partial charge in [0, 0.05) is 28.8 Å². The van der Waals surface area contributed by atoms with Crippen molar-refractivity contribution in [2.24, 2.45) is 0 Å². The Hall–Kier alpha value is -1.81. The second-order valence-corrected chi connectivity index (χ2v) is 6.79. The molecule has 0 aliphatic carbocycles. The van der Waals surface area contributed by atoms with Crippen LogP contribution in [0.3, 0.4) is 0 Å². The van der Waals surface area contributed by atoms with Crippen LogP contribution in [-0.2, 0) is 6.18 Å². The van der Waals surface area contributed by atoms with Crippen LogP contribution in [0.4, 0.5) is 13.2 Å². The van der Waals surface area contributed by atoms with E-state index in [1.807, 2.05) is 31.2 Å². The predicted octanol–water partition coefficient (Wildman–Crippen LogP) is 5.91. The summed E-state index contributed by atoms with van der Waals surface area (Å²) < 4.78 is 39.0. The molecule has 0 spiro atoms. The highest BCUT2D eigenvalue weighted by atomic mass is 32.2. The zero-order valence-corrected chi connectivity index (χ0v) is 11.6. The maximum Gasteiger partial charge on any atom is 0.416 e. The van der Waals surface area contributed by atoms with Crippen LogP contribution in [0, 0.1) is 6.92 Å². The monoisotopic (exact) mass is 293 g/mol. The normalized spacial score (nSPS) is 12.9. The number of thiophene rings is 1. The number of fused-ring (bicyclic) bond motifs is 1. The van der Waals surface area contributed by atoms with Gasteiger partial charge in [-0.25, -0.2) is 0 Å². The molecule has 1 heterocycles. The van der Waals surface area contributed by atoms with Crippen molar-refractivity contribution in [1.29, 1.82) is 0 Å². The van der Waals surface area contributed by atoms with Gasteiger partial charge < -0.3 is 0 Å². The number of rotatable bonds is 1. The summed E-state index contributed by atoms with van der Waals surface area (Å²) in [5, 5.41) is 1.16. The summed E-state index contributed by atoms with van der Waals surface area (Å²) in [6.45, 7) is 2.03. The largest absolute Gasteiger partial charge is 0.416 e. The van der Waals surface area contributed by atoms with Gasteiger partial charge in [-0.2, -0.15) is 13.2 Å². The number of aryl methyl sites for hydroxylation is 1. The summed E-state index contributed by atoms with van der Waals surface area (Å²) in [5.41, 5.74) is -0.598. The lowest BCUT2D eigenvalue weighted by Gasteiger charge is -2.05. The molecule has 0 N–H and O–H groups in total. The molecule has 0 nitrogen and oxygen atoms in total. The molecule has 102 valence electrons. The molecule has 0 saturated heterocycles. The van der Waals surface area contributed by atoms with Crippen LogP contribution in [0.5, 0.6) is 0 Å². The molecule has 1 unspecified atom stereocenters. The van der Waals surface area contributed by atoms with E-state index < -0.39 is 11.7 Å². The van der Waals surface area contributed by atoms with Gasteiger partial charge in [0.05, 0.1) is 5.56 Å². The number of alkyl halides is 3. The van der Waals surface area contributed by atoms with E-state index in [1.165, 1.54) is 9.58 Å². The molecule has 0 radical (unpaired) electrons. The Bertz CT molecular complexity index is 751. The Morgan fingerprint density at radius 3 is 2.20 bits per heavy atom. The average molecular weight is 293 g/mol. The first kappa shape index (κ1) is 13.2. The standard InChI is InChI=1S/C16H12F3S/c1-11-10-12-4-2-3-5-15(12)20(11)14-8-6-13(7-9-14)16(17,18)19/h2-10H,1H3/q+1. The van der Waals surface area contributed by atoms with E-state index in [9.17, 15) is 13.2 Å². The quantitative estimate of drug-likeness (QED) is 0.490. The van der Waals surface area contributed by atoms with Crippen LogP contribution in [0.15, 0.2) is 54.6 Å². The van der Waals surface area contributed by atoms with Crippen molar-refractivity contribution < 1.29 is 13.2 Å². The van der Waals surface area contributed by atoms with Gasteiger partial charge in [0.15, 0.2) is 14.5 Å². The number of halogens is 3. The minimum absolute atomic E-state index is 0.252. The molecule has 2 aromatic carbocycles. The molecule has 1 aromatic heterocycles. The zero-order valence-electron chi connectivity index (χ0n) is 10.7. The first-order valence-electron chi connectivity index (χ1n) is 6.16. The van der Waals surface area contributed by atoms with Gasteiger partial charge in [-0.3, -0.25) is 0 Å². The Kier molecular flexibility index (Phi) is 3.05. The number of benzene rings is 2. The third kappa shape index (κ3) is 2.20. The summed E-state index contributed by atoms with van der Waals surface area (Å²) in [6, 6.07) is 15.6. The van der Waals surface area contributed by atoms with E-state index >= 15 is 0 Å². The van der Waals surface area contributed by atoms with Crippen molar-refractivity contribution >= 4 is 20.6 Å². The number of hydrogen-bond acceptors (Lipinski definition) is 0. The summed E-state index contributed by atoms with van der Waals surface area (Å²) in [4.78, 5) is 2.11. The van der Waals surface area contributed by atoms with Gasteiger partial charge in [-0.05, 0) is 36.4 Å². The fourth-order valence-corrected chi connectivity index (χ4v) is 4.53. The Morgan fingerprint density at radius 1 is 0.900 bits per heavy atom. The van der Waals surface area contributed by atoms with E-state index in [-0.39, 0.29) is 10.5 Å². The lowest BCUT2D eigenvalue weighted by molar-refractivity contribution is -0.137. The SMILES string of the molecule is Cc1cc2ccccc2[s+]1-c1ccc(C(F)(F)F)cc1. The van der Waals surface area contributed by atoms with Crippen molar-refractivity contribution in [2.75, 3.05) is 0 Å². The van der Waals surface area contributed by atoms with Crippen LogP contribution in [0.25, 0.3) is 15.0 Å². The third-order valence-corrected chi connectivity index (χ3v) is 5.55. The fourth-order valence-electron chi connectivity index (χ4n) is 2.33. The number of hydrogen-bond donors (Lipinski definition) is 0. The molecule has 20 heavy (non-hydrogen) atoms. The van der Waals surface area contributed by atoms with E-state index in [1.54, 1.807) is 12.1 Å². The third-order valence-electron chi connectivity index (χ3n) is 3.24. The molecular weight excluding hydrogens is 281 g/mol. The Labute approximate surface area is 117 Å². The van der Waals surface area contributed by atoms with E-state index in [2.05, 4.69) is 6.07 Å². The molecule has 3 aromatic rings. The molecule has 3 rings (SSSR count).